The van der Waals surface area contributed by atoms with E-state index in [1.54, 1.807) is 25.1 Å². The van der Waals surface area contributed by atoms with Crippen LogP contribution in [0.3, 0.4) is 0 Å². The standard InChI is InChI=1S/C21H26N2O4S/c1-4-27-18-11-9-16(10-12-18)20-6-5-13-23(20)21(24)17-8-7-15(2)19(14-17)22-28(3,25)26/h7-12,14,20,22H,4-6,13H2,1-3H3. The number of nitrogens with one attached hydrogen (secondary N) is 1. The summed E-state index contributed by atoms with van der Waals surface area (Å²) in [7, 11) is -3.41. The van der Waals surface area contributed by atoms with Crippen molar-refractivity contribution in [1.29, 1.82) is 0 Å². The number of carbonyl (C=O) groups is 1. The maximum Gasteiger partial charge on any atom is 0.254 e. The van der Waals surface area contributed by atoms with Crippen LogP contribution in [0.15, 0.2) is 42.5 Å². The third-order valence-electron chi connectivity index (χ3n) is 4.87. The smallest absolute Gasteiger partial charge is 0.254 e. The molecule has 28 heavy (non-hydrogen) atoms. The van der Waals surface area contributed by atoms with E-state index in [1.807, 2.05) is 36.1 Å². The Morgan fingerprint density at radius 1 is 1.21 bits per heavy atom. The van der Waals surface area contributed by atoms with E-state index < -0.39 is 10.0 Å². The lowest BCUT2D eigenvalue weighted by Gasteiger charge is -2.26. The van der Waals surface area contributed by atoms with Crippen LogP contribution >= 0.6 is 0 Å². The Labute approximate surface area is 166 Å². The number of ether oxygens (including phenoxy) is 1. The fourth-order valence-corrected chi connectivity index (χ4v) is 4.16. The van der Waals surface area contributed by atoms with Crippen molar-refractivity contribution < 1.29 is 17.9 Å². The molecule has 1 atom stereocenters. The third kappa shape index (κ3) is 4.65. The summed E-state index contributed by atoms with van der Waals surface area (Å²) in [5.41, 5.74) is 2.77. The van der Waals surface area contributed by atoms with Gasteiger partial charge in [-0.3, -0.25) is 9.52 Å². The predicted molar refractivity (Wildman–Crippen MR) is 110 cm³/mol. The molecule has 2 aromatic rings. The summed E-state index contributed by atoms with van der Waals surface area (Å²) in [5.74, 6) is 0.727. The Kier molecular flexibility index (Phi) is 5.93. The average Bonchev–Trinajstić information content (AvgIpc) is 3.12. The molecular formula is C21H26N2O4S. The van der Waals surface area contributed by atoms with E-state index >= 15 is 0 Å². The van der Waals surface area contributed by atoms with Crippen LogP contribution in [0.4, 0.5) is 5.69 Å². The van der Waals surface area contributed by atoms with Crippen LogP contribution in [0.25, 0.3) is 0 Å². The van der Waals surface area contributed by atoms with Crippen LogP contribution in [0.2, 0.25) is 0 Å². The summed E-state index contributed by atoms with van der Waals surface area (Å²) in [6.45, 7) is 5.05. The molecule has 1 aliphatic rings. The molecule has 1 unspecified atom stereocenters. The van der Waals surface area contributed by atoms with Crippen molar-refractivity contribution >= 4 is 21.6 Å². The molecule has 150 valence electrons. The number of hydrogen-bond donors (Lipinski definition) is 1. The molecular weight excluding hydrogens is 376 g/mol. The summed E-state index contributed by atoms with van der Waals surface area (Å²) in [6.07, 6.45) is 2.94. The first-order valence-electron chi connectivity index (χ1n) is 9.40. The number of rotatable bonds is 6. The van der Waals surface area contributed by atoms with Crippen molar-refractivity contribution in [1.82, 2.24) is 4.90 Å². The molecule has 0 aliphatic carbocycles. The van der Waals surface area contributed by atoms with E-state index in [-0.39, 0.29) is 11.9 Å². The van der Waals surface area contributed by atoms with Crippen molar-refractivity contribution in [2.45, 2.75) is 32.7 Å². The van der Waals surface area contributed by atoms with Gasteiger partial charge in [-0.1, -0.05) is 18.2 Å². The quantitative estimate of drug-likeness (QED) is 0.799. The van der Waals surface area contributed by atoms with Gasteiger partial charge >= 0.3 is 0 Å². The number of likely N-dealkylation sites (tertiary alicyclic amines) is 1. The molecule has 6 nitrogen and oxygen atoms in total. The number of aryl methyl sites for hydroxylation is 1. The van der Waals surface area contributed by atoms with Gasteiger partial charge in [0, 0.05) is 12.1 Å². The Bertz CT molecular complexity index is 955. The van der Waals surface area contributed by atoms with Crippen LogP contribution in [-0.2, 0) is 10.0 Å². The second-order valence-corrected chi connectivity index (χ2v) is 8.81. The summed E-state index contributed by atoms with van der Waals surface area (Å²) >= 11 is 0. The van der Waals surface area contributed by atoms with Crippen LogP contribution in [0, 0.1) is 6.92 Å². The lowest BCUT2D eigenvalue weighted by molar-refractivity contribution is 0.0735. The highest BCUT2D eigenvalue weighted by atomic mass is 32.2. The first kappa shape index (κ1) is 20.2. The van der Waals surface area contributed by atoms with Gasteiger partial charge < -0.3 is 9.64 Å². The van der Waals surface area contributed by atoms with Gasteiger partial charge in [-0.15, -0.1) is 0 Å². The van der Waals surface area contributed by atoms with Crippen LogP contribution in [0.5, 0.6) is 5.75 Å². The van der Waals surface area contributed by atoms with Gasteiger partial charge in [-0.25, -0.2) is 8.42 Å². The largest absolute Gasteiger partial charge is 0.494 e. The fourth-order valence-electron chi connectivity index (χ4n) is 3.54. The zero-order chi connectivity index (χ0) is 20.3. The Balaban J connectivity index is 1.84. The maximum absolute atomic E-state index is 13.2. The minimum Gasteiger partial charge on any atom is -0.494 e. The molecule has 1 saturated heterocycles. The number of anilines is 1. The van der Waals surface area contributed by atoms with Crippen molar-refractivity contribution in [2.75, 3.05) is 24.1 Å². The van der Waals surface area contributed by atoms with Crippen LogP contribution < -0.4 is 9.46 Å². The molecule has 1 heterocycles. The Morgan fingerprint density at radius 3 is 2.57 bits per heavy atom. The topological polar surface area (TPSA) is 75.7 Å². The zero-order valence-electron chi connectivity index (χ0n) is 16.4. The number of sulfonamides is 1. The first-order valence-corrected chi connectivity index (χ1v) is 11.3. The van der Waals surface area contributed by atoms with E-state index in [2.05, 4.69) is 4.72 Å². The highest BCUT2D eigenvalue weighted by Crippen LogP contribution is 2.34. The molecule has 0 radical (unpaired) electrons. The number of benzene rings is 2. The van der Waals surface area contributed by atoms with Crippen molar-refractivity contribution in [2.24, 2.45) is 0 Å². The SMILES string of the molecule is CCOc1ccc(C2CCCN2C(=O)c2ccc(C)c(NS(C)(=O)=O)c2)cc1. The summed E-state index contributed by atoms with van der Waals surface area (Å²) < 4.78 is 31.1. The first-order chi connectivity index (χ1) is 13.3. The van der Waals surface area contributed by atoms with Gasteiger partial charge in [0.25, 0.3) is 5.91 Å². The van der Waals surface area contributed by atoms with Crippen molar-refractivity contribution in [3.63, 3.8) is 0 Å². The lowest BCUT2D eigenvalue weighted by atomic mass is 10.0. The Morgan fingerprint density at radius 2 is 1.93 bits per heavy atom. The number of nitrogens with zero attached hydrogens (tertiary/aromatic N) is 1. The summed E-state index contributed by atoms with van der Waals surface area (Å²) in [5, 5.41) is 0. The minimum atomic E-state index is -3.41. The van der Waals surface area contributed by atoms with Crippen LogP contribution in [-0.4, -0.2) is 38.6 Å². The predicted octanol–water partition coefficient (Wildman–Crippen LogP) is 3.74. The fraction of sp³-hybridized carbons (Fsp3) is 0.381. The highest BCUT2D eigenvalue weighted by Gasteiger charge is 2.30. The normalized spacial score (nSPS) is 16.8. The number of amides is 1. The average molecular weight is 403 g/mol. The van der Waals surface area contributed by atoms with E-state index in [0.29, 0.717) is 24.4 Å². The van der Waals surface area contributed by atoms with E-state index in [0.717, 1.165) is 36.0 Å². The van der Waals surface area contributed by atoms with E-state index in [4.69, 9.17) is 4.74 Å². The van der Waals surface area contributed by atoms with Gasteiger partial charge in [-0.05, 0) is 62.1 Å². The van der Waals surface area contributed by atoms with Gasteiger partial charge in [0.05, 0.1) is 24.6 Å². The molecule has 0 spiro atoms. The van der Waals surface area contributed by atoms with E-state index in [1.165, 1.54) is 0 Å². The number of carbonyl (C=O) groups excluding carboxylic acids is 1. The lowest BCUT2D eigenvalue weighted by Crippen LogP contribution is -2.30. The van der Waals surface area contributed by atoms with Crippen molar-refractivity contribution in [3.8, 4) is 5.75 Å². The molecule has 3 rings (SSSR count). The summed E-state index contributed by atoms with van der Waals surface area (Å²) in [4.78, 5) is 15.0. The van der Waals surface area contributed by atoms with Gasteiger partial charge in [0.1, 0.15) is 5.75 Å². The summed E-state index contributed by atoms with van der Waals surface area (Å²) in [6, 6.07) is 13.0. The molecule has 1 fully saturated rings. The van der Waals surface area contributed by atoms with Gasteiger partial charge in [-0.2, -0.15) is 0 Å². The second kappa shape index (κ2) is 8.22. The molecule has 1 amide bonds. The molecule has 0 saturated carbocycles. The molecule has 1 N–H and O–H groups in total. The second-order valence-electron chi connectivity index (χ2n) is 7.06. The van der Waals surface area contributed by atoms with Crippen molar-refractivity contribution in [3.05, 3.63) is 59.2 Å². The van der Waals surface area contributed by atoms with Gasteiger partial charge in [0.2, 0.25) is 10.0 Å². The molecule has 2 aromatic carbocycles. The van der Waals surface area contributed by atoms with Crippen LogP contribution in [0.1, 0.15) is 47.3 Å². The minimum absolute atomic E-state index is 0.01000. The highest BCUT2D eigenvalue weighted by molar-refractivity contribution is 7.92. The molecule has 0 aromatic heterocycles. The Hall–Kier alpha value is -2.54. The monoisotopic (exact) mass is 402 g/mol. The maximum atomic E-state index is 13.2. The van der Waals surface area contributed by atoms with E-state index in [9.17, 15) is 13.2 Å². The number of hydrogen-bond acceptors (Lipinski definition) is 4. The molecule has 7 heteroatoms. The molecule has 1 aliphatic heterocycles. The molecule has 0 bridgehead atoms. The zero-order valence-corrected chi connectivity index (χ0v) is 17.3. The van der Waals surface area contributed by atoms with Gasteiger partial charge in [0.15, 0.2) is 0 Å². The third-order valence-corrected chi connectivity index (χ3v) is 5.46.